The Morgan fingerprint density at radius 2 is 1.35 bits per heavy atom. The van der Waals surface area contributed by atoms with E-state index in [1.807, 2.05) is 0 Å². The molecule has 1 aromatic rings. The summed E-state index contributed by atoms with van der Waals surface area (Å²) < 4.78 is 9.37. The number of benzene rings is 1. The largest absolute Gasteiger partial charge is 0.465 e. The quantitative estimate of drug-likeness (QED) is 0.731. The Hall–Kier alpha value is -1.84. The first-order valence-corrected chi connectivity index (χ1v) is 5.49. The lowest BCUT2D eigenvalue weighted by atomic mass is 10.00. The number of ether oxygens (including phenoxy) is 2. The smallest absolute Gasteiger partial charge is 0.338 e. The molecule has 0 fully saturated rings. The monoisotopic (exact) mass is 234 g/mol. The van der Waals surface area contributed by atoms with E-state index in [4.69, 9.17) is 0 Å². The van der Waals surface area contributed by atoms with Gasteiger partial charge in [0, 0.05) is 0 Å². The van der Waals surface area contributed by atoms with Crippen molar-refractivity contribution >= 4 is 11.9 Å². The average molecular weight is 234 g/mol. The van der Waals surface area contributed by atoms with E-state index in [1.54, 1.807) is 12.1 Å². The van der Waals surface area contributed by atoms with Crippen LogP contribution in [-0.2, 0) is 22.3 Å². The van der Waals surface area contributed by atoms with E-state index >= 15 is 0 Å². The highest BCUT2D eigenvalue weighted by Gasteiger charge is 2.23. The third kappa shape index (κ3) is 2.02. The minimum Gasteiger partial charge on any atom is -0.465 e. The van der Waals surface area contributed by atoms with Gasteiger partial charge in [0.15, 0.2) is 0 Å². The van der Waals surface area contributed by atoms with Gasteiger partial charge in [-0.3, -0.25) is 0 Å². The summed E-state index contributed by atoms with van der Waals surface area (Å²) in [6, 6.07) is 3.50. The van der Waals surface area contributed by atoms with Gasteiger partial charge in [0.2, 0.25) is 0 Å². The highest BCUT2D eigenvalue weighted by Crippen LogP contribution is 2.26. The zero-order chi connectivity index (χ0) is 12.4. The van der Waals surface area contributed by atoms with E-state index in [0.29, 0.717) is 11.1 Å². The summed E-state index contributed by atoms with van der Waals surface area (Å²) in [5, 5.41) is 0. The van der Waals surface area contributed by atoms with Gasteiger partial charge in [-0.2, -0.15) is 0 Å². The zero-order valence-corrected chi connectivity index (χ0v) is 9.91. The summed E-state index contributed by atoms with van der Waals surface area (Å²) >= 11 is 0. The molecule has 17 heavy (non-hydrogen) atoms. The number of hydrogen-bond acceptors (Lipinski definition) is 4. The molecule has 0 N–H and O–H groups in total. The van der Waals surface area contributed by atoms with Crippen molar-refractivity contribution in [3.8, 4) is 0 Å². The molecule has 0 saturated heterocycles. The molecule has 2 rings (SSSR count). The van der Waals surface area contributed by atoms with Crippen molar-refractivity contribution in [1.82, 2.24) is 0 Å². The predicted octanol–water partition coefficient (Wildman–Crippen LogP) is 1.75. The van der Waals surface area contributed by atoms with Gasteiger partial charge in [-0.25, -0.2) is 9.59 Å². The maximum atomic E-state index is 11.6. The predicted molar refractivity (Wildman–Crippen MR) is 61.1 cm³/mol. The average Bonchev–Trinajstić information content (AvgIpc) is 2.82. The van der Waals surface area contributed by atoms with Gasteiger partial charge in [0.1, 0.15) is 0 Å². The Balaban J connectivity index is 2.54. The van der Waals surface area contributed by atoms with Crippen molar-refractivity contribution in [2.75, 3.05) is 14.2 Å². The van der Waals surface area contributed by atoms with Crippen LogP contribution in [0.4, 0.5) is 0 Å². The number of rotatable bonds is 2. The molecule has 4 nitrogen and oxygen atoms in total. The van der Waals surface area contributed by atoms with Gasteiger partial charge in [-0.05, 0) is 42.5 Å². The fraction of sp³-hybridized carbons (Fsp3) is 0.385. The number of esters is 2. The fourth-order valence-corrected chi connectivity index (χ4v) is 2.18. The third-order valence-corrected chi connectivity index (χ3v) is 3.04. The van der Waals surface area contributed by atoms with Crippen LogP contribution in [0, 0.1) is 0 Å². The van der Waals surface area contributed by atoms with Gasteiger partial charge in [-0.15, -0.1) is 0 Å². The van der Waals surface area contributed by atoms with Crippen LogP contribution in [-0.4, -0.2) is 26.2 Å². The van der Waals surface area contributed by atoms with Gasteiger partial charge in [0.05, 0.1) is 25.3 Å². The van der Waals surface area contributed by atoms with Crippen molar-refractivity contribution in [2.45, 2.75) is 19.3 Å². The molecule has 0 aromatic heterocycles. The number of fused-ring (bicyclic) bond motifs is 1. The van der Waals surface area contributed by atoms with E-state index in [2.05, 4.69) is 9.47 Å². The first-order chi connectivity index (χ1) is 8.17. The molecule has 0 amide bonds. The standard InChI is InChI=1S/C13H14O4/c1-16-12(14)10-6-8-4-3-5-9(8)7-11(10)13(15)17-2/h6-7H,3-5H2,1-2H3. The van der Waals surface area contributed by atoms with E-state index < -0.39 is 11.9 Å². The molecule has 90 valence electrons. The van der Waals surface area contributed by atoms with Crippen LogP contribution in [0.5, 0.6) is 0 Å². The minimum atomic E-state index is -0.500. The number of hydrogen-bond donors (Lipinski definition) is 0. The lowest BCUT2D eigenvalue weighted by Gasteiger charge is -2.09. The second-order valence-electron chi connectivity index (χ2n) is 4.00. The molecule has 1 aliphatic carbocycles. The van der Waals surface area contributed by atoms with Gasteiger partial charge >= 0.3 is 11.9 Å². The summed E-state index contributed by atoms with van der Waals surface area (Å²) in [5.74, 6) is -1.000. The van der Waals surface area contributed by atoms with Gasteiger partial charge in [0.25, 0.3) is 0 Å². The van der Waals surface area contributed by atoms with Crippen molar-refractivity contribution in [2.24, 2.45) is 0 Å². The van der Waals surface area contributed by atoms with Gasteiger partial charge < -0.3 is 9.47 Å². The Morgan fingerprint density at radius 1 is 0.941 bits per heavy atom. The van der Waals surface area contributed by atoms with Crippen LogP contribution in [0.3, 0.4) is 0 Å². The molecule has 0 unspecified atom stereocenters. The van der Waals surface area contributed by atoms with Gasteiger partial charge in [-0.1, -0.05) is 0 Å². The molecule has 0 heterocycles. The van der Waals surface area contributed by atoms with Crippen molar-refractivity contribution in [3.63, 3.8) is 0 Å². The normalized spacial score (nSPS) is 13.1. The summed E-state index contributed by atoms with van der Waals surface area (Å²) in [6.45, 7) is 0. The molecule has 0 aliphatic heterocycles. The van der Waals surface area contributed by atoms with Crippen LogP contribution in [0.15, 0.2) is 12.1 Å². The van der Waals surface area contributed by atoms with E-state index in [-0.39, 0.29) is 0 Å². The topological polar surface area (TPSA) is 52.6 Å². The number of carbonyl (C=O) groups excluding carboxylic acids is 2. The molecule has 1 aromatic carbocycles. The van der Waals surface area contributed by atoms with Crippen molar-refractivity contribution < 1.29 is 19.1 Å². The van der Waals surface area contributed by atoms with Crippen molar-refractivity contribution in [1.29, 1.82) is 0 Å². The number of aryl methyl sites for hydroxylation is 2. The minimum absolute atomic E-state index is 0.292. The van der Waals surface area contributed by atoms with Crippen LogP contribution in [0.2, 0.25) is 0 Å². The summed E-state index contributed by atoms with van der Waals surface area (Å²) in [6.07, 6.45) is 2.95. The lowest BCUT2D eigenvalue weighted by molar-refractivity contribution is 0.0555. The van der Waals surface area contributed by atoms with E-state index in [1.165, 1.54) is 14.2 Å². The Bertz CT molecular complexity index is 434. The van der Waals surface area contributed by atoms with Crippen molar-refractivity contribution in [3.05, 3.63) is 34.4 Å². The Kier molecular flexibility index (Phi) is 3.13. The summed E-state index contributed by atoms with van der Waals surface area (Å²) in [7, 11) is 2.60. The van der Waals surface area contributed by atoms with E-state index in [0.717, 1.165) is 30.4 Å². The SMILES string of the molecule is COC(=O)c1cc2c(cc1C(=O)OC)CCC2. The Morgan fingerprint density at radius 3 is 1.71 bits per heavy atom. The molecule has 0 bridgehead atoms. The zero-order valence-electron chi connectivity index (χ0n) is 9.91. The molecular formula is C13H14O4. The molecule has 0 spiro atoms. The molecule has 1 aliphatic rings. The molecule has 0 atom stereocenters. The maximum absolute atomic E-state index is 11.6. The molecular weight excluding hydrogens is 220 g/mol. The number of methoxy groups -OCH3 is 2. The Labute approximate surface area is 99.5 Å². The number of carbonyl (C=O) groups is 2. The first-order valence-electron chi connectivity index (χ1n) is 5.49. The van der Waals surface area contributed by atoms with Crippen LogP contribution in [0.1, 0.15) is 38.3 Å². The fourth-order valence-electron chi connectivity index (χ4n) is 2.18. The van der Waals surface area contributed by atoms with Crippen LogP contribution < -0.4 is 0 Å². The lowest BCUT2D eigenvalue weighted by Crippen LogP contribution is -2.12. The first kappa shape index (κ1) is 11.6. The van der Waals surface area contributed by atoms with Crippen LogP contribution >= 0.6 is 0 Å². The highest BCUT2D eigenvalue weighted by atomic mass is 16.5. The second-order valence-corrected chi connectivity index (χ2v) is 4.00. The highest BCUT2D eigenvalue weighted by molar-refractivity contribution is 6.03. The van der Waals surface area contributed by atoms with E-state index in [9.17, 15) is 9.59 Å². The molecule has 4 heteroatoms. The maximum Gasteiger partial charge on any atom is 0.338 e. The summed E-state index contributed by atoms with van der Waals surface area (Å²) in [5.41, 5.74) is 2.83. The second kappa shape index (κ2) is 4.57. The molecule has 0 saturated carbocycles. The molecule has 0 radical (unpaired) electrons. The van der Waals surface area contributed by atoms with Crippen LogP contribution in [0.25, 0.3) is 0 Å². The third-order valence-electron chi connectivity index (χ3n) is 3.04. The summed E-state index contributed by atoms with van der Waals surface area (Å²) in [4.78, 5) is 23.2.